The number of esters is 1. The molecule has 8 atom stereocenters. The van der Waals surface area contributed by atoms with Crippen LogP contribution in [0, 0.1) is 17.8 Å². The number of methoxy groups -OCH3 is 2. The molecule has 422 valence electrons. The first-order valence-electron chi connectivity index (χ1n) is 25.7. The largest absolute Gasteiger partial charge is 0.495 e. The zero-order chi connectivity index (χ0) is 56.5. The molecule has 4 aliphatic rings. The molecule has 0 radical (unpaired) electrons. The van der Waals surface area contributed by atoms with Crippen molar-refractivity contribution in [3.8, 4) is 29.3 Å². The number of carbonyl (C=O) groups is 5. The molecule has 5 heterocycles. The van der Waals surface area contributed by atoms with Gasteiger partial charge in [0.25, 0.3) is 0 Å². The summed E-state index contributed by atoms with van der Waals surface area (Å²) in [5, 5.41) is 56.5. The van der Waals surface area contributed by atoms with Gasteiger partial charge < -0.3 is 63.9 Å². The number of ether oxygens (including phenoxy) is 5. The Morgan fingerprint density at radius 1 is 1.04 bits per heavy atom. The van der Waals surface area contributed by atoms with Gasteiger partial charge in [0, 0.05) is 69.5 Å². The van der Waals surface area contributed by atoms with Crippen molar-refractivity contribution >= 4 is 58.9 Å². The van der Waals surface area contributed by atoms with Crippen molar-refractivity contribution in [2.75, 3.05) is 33.2 Å². The van der Waals surface area contributed by atoms with E-state index in [4.69, 9.17) is 40.1 Å². The maximum atomic E-state index is 14.4. The van der Waals surface area contributed by atoms with Crippen LogP contribution in [0.3, 0.4) is 0 Å². The molecule has 2 aromatic heterocycles. The standard InChI is InChI=1S/C54H72ClN5O16S/c1-29-12-11-13-39(72-10)54(70)27-37(73-51(69)56-54)30(2)47-53(6,75-47)40(26-44(64)58(8)35-23-33(22-29)24-36(71-9)46(35)55)74-49(67)31(3)57(7)41(61)20-21-52(4,5)77-38-25-45(65)59(48(38)66)28-32-14-16-34(17-15-32)50(68)76-60-42(62)18-19-43(60)63/h11-13,18-19,23-25,30-32,34,37,39-40,47,62-63,65-66,70H,14-17,20-22,26-28H2,1-10H3,(H,56,69). The number of rotatable bonds is 14. The first-order chi connectivity index (χ1) is 36.2. The summed E-state index contributed by atoms with van der Waals surface area (Å²) < 4.78 is 31.0. The Balaban J connectivity index is 1.01. The van der Waals surface area contributed by atoms with Gasteiger partial charge in [0.2, 0.25) is 29.5 Å². The number of anilines is 1. The highest BCUT2D eigenvalue weighted by Gasteiger charge is 2.64. The van der Waals surface area contributed by atoms with Crippen molar-refractivity contribution in [3.63, 3.8) is 0 Å². The molecule has 1 aliphatic carbocycles. The number of nitrogens with zero attached hydrogens (tertiary/aromatic N) is 4. The van der Waals surface area contributed by atoms with Crippen LogP contribution in [0.5, 0.6) is 29.3 Å². The quantitative estimate of drug-likeness (QED) is 0.0553. The number of fused-ring (bicyclic) bond motifs is 5. The number of carbonyl (C=O) groups excluding carboxylic acids is 5. The average Bonchev–Trinajstić information content (AvgIpc) is 3.99. The van der Waals surface area contributed by atoms with Crippen LogP contribution in [0.4, 0.5) is 10.5 Å². The second-order valence-corrected chi connectivity index (χ2v) is 23.7. The Bertz CT molecular complexity index is 2750. The van der Waals surface area contributed by atoms with Gasteiger partial charge in [-0.05, 0) is 82.9 Å². The van der Waals surface area contributed by atoms with Crippen LogP contribution in [-0.4, -0.2) is 144 Å². The summed E-state index contributed by atoms with van der Waals surface area (Å²) in [4.78, 5) is 76.6. The number of epoxide rings is 1. The van der Waals surface area contributed by atoms with Crippen LogP contribution in [-0.2, 0) is 51.1 Å². The molecular formula is C54H72ClN5O16S. The van der Waals surface area contributed by atoms with Crippen molar-refractivity contribution in [1.82, 2.24) is 19.5 Å². The van der Waals surface area contributed by atoms with E-state index >= 15 is 0 Å². The maximum absolute atomic E-state index is 14.4. The topological polar surface area (TPSA) is 274 Å². The average molecular weight is 1110 g/mol. The number of halogens is 1. The Labute approximate surface area is 456 Å². The summed E-state index contributed by atoms with van der Waals surface area (Å²) in [5.41, 5.74) is -1.19. The Kier molecular flexibility index (Phi) is 17.9. The predicted octanol–water partition coefficient (Wildman–Crippen LogP) is 6.75. The number of likely N-dealkylation sites (N-methyl/N-ethyl adjacent to an activating group) is 1. The highest BCUT2D eigenvalue weighted by atomic mass is 35.5. The molecule has 3 fully saturated rings. The first kappa shape index (κ1) is 58.6. The molecule has 23 heteroatoms. The van der Waals surface area contributed by atoms with Gasteiger partial charge in [-0.1, -0.05) is 56.2 Å². The first-order valence-corrected chi connectivity index (χ1v) is 26.9. The molecular weight excluding hydrogens is 1040 g/mol. The van der Waals surface area contributed by atoms with Gasteiger partial charge >= 0.3 is 18.0 Å². The van der Waals surface area contributed by atoms with E-state index < -0.39 is 94.1 Å². The summed E-state index contributed by atoms with van der Waals surface area (Å²) in [5.74, 6) is -4.09. The van der Waals surface area contributed by atoms with Crippen LogP contribution in [0.15, 0.2) is 59.0 Å². The summed E-state index contributed by atoms with van der Waals surface area (Å²) >= 11 is 8.11. The van der Waals surface area contributed by atoms with Gasteiger partial charge in [0.1, 0.15) is 40.7 Å². The molecule has 4 bridgehead atoms. The maximum Gasteiger partial charge on any atom is 0.409 e. The van der Waals surface area contributed by atoms with Crippen LogP contribution in [0.2, 0.25) is 5.02 Å². The predicted molar refractivity (Wildman–Crippen MR) is 283 cm³/mol. The minimum atomic E-state index is -1.88. The van der Waals surface area contributed by atoms with E-state index in [0.717, 1.165) is 11.1 Å². The van der Waals surface area contributed by atoms with Crippen molar-refractivity contribution in [2.45, 2.75) is 157 Å². The van der Waals surface area contributed by atoms with Gasteiger partial charge in [-0.2, -0.15) is 0 Å². The van der Waals surface area contributed by atoms with Crippen LogP contribution in [0.1, 0.15) is 98.5 Å². The normalized spacial score (nSPS) is 27.4. The van der Waals surface area contributed by atoms with Gasteiger partial charge in [0.15, 0.2) is 11.6 Å². The molecule has 77 heavy (non-hydrogen) atoms. The molecule has 3 amide bonds. The molecule has 1 aromatic carbocycles. The molecule has 7 rings (SSSR count). The van der Waals surface area contributed by atoms with E-state index in [9.17, 15) is 49.5 Å². The molecule has 2 saturated heterocycles. The number of thioether (sulfide) groups is 1. The molecule has 6 N–H and O–H groups in total. The van der Waals surface area contributed by atoms with Crippen LogP contribution in [0.25, 0.3) is 0 Å². The van der Waals surface area contributed by atoms with E-state index in [1.807, 2.05) is 26.8 Å². The van der Waals surface area contributed by atoms with Crippen molar-refractivity contribution in [3.05, 3.63) is 64.7 Å². The zero-order valence-corrected chi connectivity index (χ0v) is 46.7. The van der Waals surface area contributed by atoms with E-state index in [-0.39, 0.29) is 54.4 Å². The lowest BCUT2D eigenvalue weighted by atomic mass is 9.82. The summed E-state index contributed by atoms with van der Waals surface area (Å²) in [7, 11) is 5.91. The third-order valence-electron chi connectivity index (χ3n) is 15.5. The van der Waals surface area contributed by atoms with Crippen molar-refractivity contribution in [1.29, 1.82) is 0 Å². The number of allylic oxidation sites excluding steroid dienone is 3. The molecule has 3 aliphatic heterocycles. The second kappa shape index (κ2) is 23.5. The van der Waals surface area contributed by atoms with Gasteiger partial charge in [-0.25, -0.2) is 14.4 Å². The summed E-state index contributed by atoms with van der Waals surface area (Å²) in [6, 6.07) is 6.28. The molecule has 0 spiro atoms. The lowest BCUT2D eigenvalue weighted by Gasteiger charge is -2.42. The van der Waals surface area contributed by atoms with Crippen LogP contribution < -0.4 is 19.8 Å². The number of aliphatic hydroxyl groups is 1. The van der Waals surface area contributed by atoms with Gasteiger partial charge in [0.05, 0.1) is 36.1 Å². The van der Waals surface area contributed by atoms with Gasteiger partial charge in [-0.15, -0.1) is 16.5 Å². The fourth-order valence-corrected chi connectivity index (χ4v) is 11.9. The monoisotopic (exact) mass is 1110 g/mol. The van der Waals surface area contributed by atoms with Crippen molar-refractivity contribution in [2.24, 2.45) is 17.8 Å². The molecule has 1 saturated carbocycles. The molecule has 3 aromatic rings. The van der Waals surface area contributed by atoms with Crippen LogP contribution >= 0.6 is 23.4 Å². The minimum Gasteiger partial charge on any atom is -0.495 e. The Morgan fingerprint density at radius 3 is 2.36 bits per heavy atom. The SMILES string of the molecule is COc1cc2cc(c1Cl)N(C)C(=O)CC(OC(=O)C(C)N(C)C(=O)CCC(C)(C)Sc1cc(O)n(CC3CCC(C(=O)On4c(O)ccc4O)CC3)c1O)C1(C)OC1C(C)C1CC(O)(NC(=O)O1)C(OC)C=CC=C(C)C2. The zero-order valence-electron chi connectivity index (χ0n) is 45.1. The minimum absolute atomic E-state index is 0.0103. The van der Waals surface area contributed by atoms with Crippen molar-refractivity contribution < 1.29 is 78.0 Å². The number of alkyl carbamates (subject to hydrolysis) is 1. The summed E-state index contributed by atoms with van der Waals surface area (Å²) in [6.07, 6.45) is 2.78. The van der Waals surface area contributed by atoms with E-state index in [0.29, 0.717) is 59.6 Å². The Hall–Kier alpha value is -6.07. The number of amides is 3. The highest BCUT2D eigenvalue weighted by molar-refractivity contribution is 8.00. The lowest BCUT2D eigenvalue weighted by Crippen LogP contribution is -2.63. The summed E-state index contributed by atoms with van der Waals surface area (Å²) in [6.45, 7) is 10.9. The third kappa shape index (κ3) is 13.1. The molecule has 8 unspecified atom stereocenters. The number of benzene rings is 1. The van der Waals surface area contributed by atoms with E-state index in [1.165, 1.54) is 72.5 Å². The Morgan fingerprint density at radius 2 is 1.71 bits per heavy atom. The van der Waals surface area contributed by atoms with E-state index in [2.05, 4.69) is 5.32 Å². The van der Waals surface area contributed by atoms with E-state index in [1.54, 1.807) is 45.2 Å². The smallest absolute Gasteiger partial charge is 0.409 e. The number of hydrogen-bond donors (Lipinski definition) is 6. The molecule has 21 nitrogen and oxygen atoms in total. The fourth-order valence-electron chi connectivity index (χ4n) is 10.4. The number of aromatic nitrogens is 2. The fraction of sp³-hybridized carbons (Fsp3) is 0.574. The number of hydrogen-bond acceptors (Lipinski definition) is 17. The third-order valence-corrected chi connectivity index (χ3v) is 17.1. The highest BCUT2D eigenvalue weighted by Crippen LogP contribution is 2.50. The second-order valence-electron chi connectivity index (χ2n) is 21.5. The lowest BCUT2D eigenvalue weighted by molar-refractivity contribution is -0.162. The number of nitrogens with one attached hydrogen (secondary N) is 1. The number of aromatic hydroxyl groups is 4. The van der Waals surface area contributed by atoms with Gasteiger partial charge in [-0.3, -0.25) is 19.5 Å².